The highest BCUT2D eigenvalue weighted by atomic mass is 16.5. The lowest BCUT2D eigenvalue weighted by Gasteiger charge is -2.40. The summed E-state index contributed by atoms with van der Waals surface area (Å²) in [6, 6.07) is 0. The number of carbonyl (C=O) groups excluding carboxylic acids is 1. The van der Waals surface area contributed by atoms with Gasteiger partial charge in [0.2, 0.25) is 0 Å². The normalized spacial score (nSPS) is 27.8. The molecule has 0 spiro atoms. The fourth-order valence-electron chi connectivity index (χ4n) is 3.92. The molecule has 128 valence electrons. The van der Waals surface area contributed by atoms with Gasteiger partial charge in [-0.05, 0) is 39.0 Å². The first kappa shape index (κ1) is 19.2. The lowest BCUT2D eigenvalue weighted by Crippen LogP contribution is -2.50. The minimum Gasteiger partial charge on any atom is -0.465 e. The molecule has 1 N–H and O–H groups in total. The second kappa shape index (κ2) is 9.34. The molecule has 0 aliphatic heterocycles. The van der Waals surface area contributed by atoms with Crippen LogP contribution in [-0.4, -0.2) is 23.3 Å². The summed E-state index contributed by atoms with van der Waals surface area (Å²) < 4.78 is 5.33. The van der Waals surface area contributed by atoms with Gasteiger partial charge in [0, 0.05) is 0 Å². The Morgan fingerprint density at radius 1 is 1.18 bits per heavy atom. The summed E-state index contributed by atoms with van der Waals surface area (Å²) in [5.74, 6) is -0.203. The van der Waals surface area contributed by atoms with E-state index in [-0.39, 0.29) is 5.97 Å². The Labute approximate surface area is 136 Å². The highest BCUT2D eigenvalue weighted by Crippen LogP contribution is 2.52. The van der Waals surface area contributed by atoms with Crippen molar-refractivity contribution in [1.82, 2.24) is 0 Å². The van der Waals surface area contributed by atoms with Crippen LogP contribution in [0, 0.1) is 5.41 Å². The van der Waals surface area contributed by atoms with Crippen molar-refractivity contribution in [2.75, 3.05) is 6.61 Å². The lowest BCUT2D eigenvalue weighted by molar-refractivity contribution is -0.172. The van der Waals surface area contributed by atoms with Crippen molar-refractivity contribution in [2.45, 2.75) is 90.1 Å². The van der Waals surface area contributed by atoms with Crippen LogP contribution in [0.2, 0.25) is 0 Å². The third-order valence-corrected chi connectivity index (χ3v) is 5.19. The standard InChI is InChI=1S/C19H34O3/c1-4-7-8-9-10-11-14-18(17(20)22-6-3)15-12-16-19(18,21)13-5-2/h5,21H,2,4,6-16H2,1,3H3/t18-,19+/m0/s1. The Morgan fingerprint density at radius 2 is 1.86 bits per heavy atom. The van der Waals surface area contributed by atoms with Gasteiger partial charge in [-0.3, -0.25) is 4.79 Å². The maximum absolute atomic E-state index is 12.6. The van der Waals surface area contributed by atoms with Crippen LogP contribution in [0.4, 0.5) is 0 Å². The zero-order valence-electron chi connectivity index (χ0n) is 14.5. The summed E-state index contributed by atoms with van der Waals surface area (Å²) >= 11 is 0. The number of ether oxygens (including phenoxy) is 1. The Balaban J connectivity index is 2.71. The topological polar surface area (TPSA) is 46.5 Å². The molecule has 0 bridgehead atoms. The van der Waals surface area contributed by atoms with Gasteiger partial charge in [0.15, 0.2) is 0 Å². The number of aliphatic hydroxyl groups is 1. The highest BCUT2D eigenvalue weighted by Gasteiger charge is 2.58. The Hall–Kier alpha value is -0.830. The van der Waals surface area contributed by atoms with Crippen molar-refractivity contribution in [3.8, 4) is 0 Å². The summed E-state index contributed by atoms with van der Waals surface area (Å²) in [6.07, 6.45) is 12.4. The zero-order valence-corrected chi connectivity index (χ0v) is 14.5. The molecular weight excluding hydrogens is 276 g/mol. The molecule has 3 nitrogen and oxygen atoms in total. The Morgan fingerprint density at radius 3 is 2.50 bits per heavy atom. The average molecular weight is 310 g/mol. The molecule has 3 heteroatoms. The molecule has 0 amide bonds. The summed E-state index contributed by atoms with van der Waals surface area (Å²) in [5, 5.41) is 11.1. The molecule has 1 aliphatic rings. The smallest absolute Gasteiger partial charge is 0.315 e. The zero-order chi connectivity index (χ0) is 16.5. The fraction of sp³-hybridized carbons (Fsp3) is 0.842. The van der Waals surface area contributed by atoms with Crippen LogP contribution in [0.5, 0.6) is 0 Å². The van der Waals surface area contributed by atoms with E-state index in [4.69, 9.17) is 4.74 Å². The van der Waals surface area contributed by atoms with Gasteiger partial charge in [-0.2, -0.15) is 0 Å². The molecular formula is C19H34O3. The molecule has 1 saturated carbocycles. The molecule has 0 aromatic heterocycles. The SMILES string of the molecule is C=CC[C@@]1(O)CCC[C@@]1(CCCCCCCC)C(=O)OCC. The first-order valence-corrected chi connectivity index (χ1v) is 9.07. The minimum atomic E-state index is -0.968. The van der Waals surface area contributed by atoms with Gasteiger partial charge in [0.05, 0.1) is 17.6 Å². The van der Waals surface area contributed by atoms with Gasteiger partial charge in [-0.15, -0.1) is 6.58 Å². The van der Waals surface area contributed by atoms with Crippen molar-refractivity contribution < 1.29 is 14.6 Å². The molecule has 0 aromatic rings. The highest BCUT2D eigenvalue weighted by molar-refractivity contribution is 5.79. The minimum absolute atomic E-state index is 0.203. The van der Waals surface area contributed by atoms with E-state index in [1.54, 1.807) is 6.08 Å². The van der Waals surface area contributed by atoms with E-state index in [0.717, 1.165) is 32.1 Å². The summed E-state index contributed by atoms with van der Waals surface area (Å²) in [7, 11) is 0. The number of hydrogen-bond donors (Lipinski definition) is 1. The molecule has 2 atom stereocenters. The van der Waals surface area contributed by atoms with Crippen LogP contribution >= 0.6 is 0 Å². The quantitative estimate of drug-likeness (QED) is 0.339. The summed E-state index contributed by atoms with van der Waals surface area (Å²) in [4.78, 5) is 12.6. The maximum Gasteiger partial charge on any atom is 0.315 e. The second-order valence-corrected chi connectivity index (χ2v) is 6.70. The number of esters is 1. The van der Waals surface area contributed by atoms with Gasteiger partial charge in [-0.1, -0.05) is 51.5 Å². The molecule has 22 heavy (non-hydrogen) atoms. The largest absolute Gasteiger partial charge is 0.465 e. The molecule has 0 unspecified atom stereocenters. The third kappa shape index (κ3) is 4.34. The second-order valence-electron chi connectivity index (χ2n) is 6.70. The van der Waals surface area contributed by atoms with E-state index in [0.29, 0.717) is 19.4 Å². The van der Waals surface area contributed by atoms with E-state index in [9.17, 15) is 9.90 Å². The van der Waals surface area contributed by atoms with Gasteiger partial charge in [0.25, 0.3) is 0 Å². The summed E-state index contributed by atoms with van der Waals surface area (Å²) in [6.45, 7) is 8.18. The fourth-order valence-corrected chi connectivity index (χ4v) is 3.92. The monoisotopic (exact) mass is 310 g/mol. The van der Waals surface area contributed by atoms with Crippen LogP contribution in [0.25, 0.3) is 0 Å². The third-order valence-electron chi connectivity index (χ3n) is 5.19. The van der Waals surface area contributed by atoms with Crippen LogP contribution < -0.4 is 0 Å². The molecule has 0 heterocycles. The van der Waals surface area contributed by atoms with E-state index in [1.165, 1.54) is 25.7 Å². The van der Waals surface area contributed by atoms with Gasteiger partial charge in [-0.25, -0.2) is 0 Å². The first-order valence-electron chi connectivity index (χ1n) is 9.07. The predicted molar refractivity (Wildman–Crippen MR) is 90.7 cm³/mol. The number of carbonyl (C=O) groups is 1. The van der Waals surface area contributed by atoms with Crippen molar-refractivity contribution in [1.29, 1.82) is 0 Å². The van der Waals surface area contributed by atoms with E-state index in [2.05, 4.69) is 13.5 Å². The van der Waals surface area contributed by atoms with Crippen LogP contribution in [0.15, 0.2) is 12.7 Å². The van der Waals surface area contributed by atoms with Crippen LogP contribution in [0.3, 0.4) is 0 Å². The van der Waals surface area contributed by atoms with E-state index < -0.39 is 11.0 Å². The average Bonchev–Trinajstić information content (AvgIpc) is 2.81. The van der Waals surface area contributed by atoms with Gasteiger partial charge < -0.3 is 9.84 Å². The van der Waals surface area contributed by atoms with E-state index >= 15 is 0 Å². The molecule has 1 rings (SSSR count). The van der Waals surface area contributed by atoms with Crippen LogP contribution in [0.1, 0.15) is 84.5 Å². The first-order chi connectivity index (χ1) is 10.6. The molecule has 0 saturated heterocycles. The number of rotatable bonds is 11. The predicted octanol–water partition coefficient (Wildman–Crippen LogP) is 4.78. The van der Waals surface area contributed by atoms with Crippen molar-refractivity contribution in [2.24, 2.45) is 5.41 Å². The van der Waals surface area contributed by atoms with Crippen LogP contribution in [-0.2, 0) is 9.53 Å². The molecule has 1 fully saturated rings. The molecule has 0 radical (unpaired) electrons. The molecule has 0 aromatic carbocycles. The van der Waals surface area contributed by atoms with Crippen molar-refractivity contribution in [3.63, 3.8) is 0 Å². The maximum atomic E-state index is 12.6. The Bertz CT molecular complexity index is 353. The summed E-state index contributed by atoms with van der Waals surface area (Å²) in [5.41, 5.74) is -1.69. The molecule has 1 aliphatic carbocycles. The number of hydrogen-bond acceptors (Lipinski definition) is 3. The van der Waals surface area contributed by atoms with Gasteiger partial charge >= 0.3 is 5.97 Å². The van der Waals surface area contributed by atoms with Crippen molar-refractivity contribution >= 4 is 5.97 Å². The van der Waals surface area contributed by atoms with Crippen molar-refractivity contribution in [3.05, 3.63) is 12.7 Å². The van der Waals surface area contributed by atoms with Gasteiger partial charge in [0.1, 0.15) is 0 Å². The number of unbranched alkanes of at least 4 members (excludes halogenated alkanes) is 5. The Kier molecular flexibility index (Phi) is 8.16. The van der Waals surface area contributed by atoms with E-state index in [1.807, 2.05) is 6.92 Å². The lowest BCUT2D eigenvalue weighted by atomic mass is 9.69.